The summed E-state index contributed by atoms with van der Waals surface area (Å²) >= 11 is 12.6. The fraction of sp³-hybridized carbons (Fsp3) is 0.381. The highest BCUT2D eigenvalue weighted by Crippen LogP contribution is 2.30. The molecular weight excluding hydrogens is 365 g/mol. The van der Waals surface area contributed by atoms with Gasteiger partial charge in [0.15, 0.2) is 0 Å². The van der Waals surface area contributed by atoms with E-state index in [2.05, 4.69) is 41.0 Å². The van der Waals surface area contributed by atoms with E-state index >= 15 is 0 Å². The zero-order valence-electron chi connectivity index (χ0n) is 15.2. The van der Waals surface area contributed by atoms with E-state index in [1.165, 1.54) is 18.4 Å². The van der Waals surface area contributed by atoms with Crippen LogP contribution in [0.25, 0.3) is 0 Å². The fourth-order valence-electron chi connectivity index (χ4n) is 3.21. The lowest BCUT2D eigenvalue weighted by atomic mass is 10.2. The summed E-state index contributed by atoms with van der Waals surface area (Å²) in [6, 6.07) is 16.2. The first-order valence-electron chi connectivity index (χ1n) is 9.19. The number of nitrogens with zero attached hydrogens (tertiary/aromatic N) is 3. The van der Waals surface area contributed by atoms with Crippen LogP contribution in [0.3, 0.4) is 0 Å². The number of amidine groups is 1. The summed E-state index contributed by atoms with van der Waals surface area (Å²) in [5.41, 5.74) is 2.24. The summed E-state index contributed by atoms with van der Waals surface area (Å²) in [5.74, 6) is 1.15. The first-order valence-corrected chi connectivity index (χ1v) is 9.95. The maximum absolute atomic E-state index is 6.52. The van der Waals surface area contributed by atoms with Gasteiger partial charge >= 0.3 is 0 Å². The van der Waals surface area contributed by atoms with Gasteiger partial charge in [-0.2, -0.15) is 0 Å². The maximum Gasteiger partial charge on any atom is 0.119 e. The van der Waals surface area contributed by atoms with Crippen LogP contribution in [0.2, 0.25) is 10.0 Å². The molecule has 3 nitrogen and oxygen atoms in total. The third kappa shape index (κ3) is 4.93. The second-order valence-electron chi connectivity index (χ2n) is 6.58. The van der Waals surface area contributed by atoms with Crippen LogP contribution in [0, 0.1) is 0 Å². The van der Waals surface area contributed by atoms with Crippen LogP contribution in [0.15, 0.2) is 53.5 Å². The van der Waals surface area contributed by atoms with Crippen LogP contribution >= 0.6 is 23.2 Å². The van der Waals surface area contributed by atoms with Gasteiger partial charge in [-0.1, -0.05) is 66.9 Å². The molecule has 138 valence electrons. The third-order valence-corrected chi connectivity index (χ3v) is 5.15. The van der Waals surface area contributed by atoms with Gasteiger partial charge in [-0.3, -0.25) is 4.99 Å². The van der Waals surface area contributed by atoms with E-state index in [0.717, 1.165) is 44.2 Å². The van der Waals surface area contributed by atoms with Crippen molar-refractivity contribution >= 4 is 34.7 Å². The quantitative estimate of drug-likeness (QED) is 0.592. The molecule has 5 heteroatoms. The van der Waals surface area contributed by atoms with E-state index in [9.17, 15) is 0 Å². The fourth-order valence-corrected chi connectivity index (χ4v) is 3.74. The predicted octanol–water partition coefficient (Wildman–Crippen LogP) is 5.51. The Morgan fingerprint density at radius 2 is 1.88 bits per heavy atom. The molecule has 0 atom stereocenters. The van der Waals surface area contributed by atoms with Crippen molar-refractivity contribution in [3.8, 4) is 0 Å². The summed E-state index contributed by atoms with van der Waals surface area (Å²) in [6.07, 6.45) is 2.39. The molecule has 0 fully saturated rings. The van der Waals surface area contributed by atoms with Crippen molar-refractivity contribution in [2.75, 3.05) is 31.1 Å². The zero-order valence-corrected chi connectivity index (χ0v) is 16.7. The van der Waals surface area contributed by atoms with Crippen LogP contribution in [-0.2, 0) is 6.54 Å². The minimum Gasteiger partial charge on any atom is -0.359 e. The van der Waals surface area contributed by atoms with E-state index in [0.29, 0.717) is 10.0 Å². The van der Waals surface area contributed by atoms with Crippen LogP contribution in [0.5, 0.6) is 0 Å². The molecule has 26 heavy (non-hydrogen) atoms. The molecule has 1 aliphatic heterocycles. The molecule has 1 heterocycles. The van der Waals surface area contributed by atoms with Gasteiger partial charge in [0.05, 0.1) is 23.8 Å². The average Bonchev–Trinajstić information content (AvgIpc) is 3.07. The van der Waals surface area contributed by atoms with E-state index in [1.54, 1.807) is 0 Å². The van der Waals surface area contributed by atoms with Gasteiger partial charge in [-0.25, -0.2) is 0 Å². The van der Waals surface area contributed by atoms with Crippen LogP contribution in [0.1, 0.15) is 25.3 Å². The summed E-state index contributed by atoms with van der Waals surface area (Å²) < 4.78 is 0. The molecule has 0 aromatic heterocycles. The lowest BCUT2D eigenvalue weighted by Gasteiger charge is -2.29. The molecule has 0 spiro atoms. The predicted molar refractivity (Wildman–Crippen MR) is 113 cm³/mol. The lowest BCUT2D eigenvalue weighted by molar-refractivity contribution is 0.437. The number of aliphatic imine (C=N–C) groups is 1. The SMILES string of the molecule is CCCCN1CCN=C1CN(Cc1ccccc1)c1ccc(Cl)cc1Cl. The van der Waals surface area contributed by atoms with Crippen molar-refractivity contribution in [1.29, 1.82) is 0 Å². The van der Waals surface area contributed by atoms with Gasteiger partial charge in [0.2, 0.25) is 0 Å². The Morgan fingerprint density at radius 3 is 2.62 bits per heavy atom. The number of rotatable bonds is 8. The highest BCUT2D eigenvalue weighted by Gasteiger charge is 2.21. The highest BCUT2D eigenvalue weighted by atomic mass is 35.5. The molecule has 0 saturated carbocycles. The van der Waals surface area contributed by atoms with E-state index in [1.807, 2.05) is 24.3 Å². The van der Waals surface area contributed by atoms with Crippen molar-refractivity contribution in [2.24, 2.45) is 4.99 Å². The molecule has 0 N–H and O–H groups in total. The topological polar surface area (TPSA) is 18.8 Å². The number of anilines is 1. The molecule has 0 saturated heterocycles. The largest absolute Gasteiger partial charge is 0.359 e. The standard InChI is InChI=1S/C21H25Cl2N3/c1-2-3-12-25-13-11-24-21(25)16-26(15-17-7-5-4-6-8-17)20-10-9-18(22)14-19(20)23/h4-10,14H,2-3,11-13,15-16H2,1H3. The Balaban J connectivity index is 1.83. The Morgan fingerprint density at radius 1 is 1.08 bits per heavy atom. The average molecular weight is 390 g/mol. The van der Waals surface area contributed by atoms with Gasteiger partial charge in [-0.05, 0) is 30.2 Å². The number of hydrogen-bond donors (Lipinski definition) is 0. The van der Waals surface area contributed by atoms with E-state index in [-0.39, 0.29) is 0 Å². The smallest absolute Gasteiger partial charge is 0.119 e. The second kappa shape index (κ2) is 9.29. The molecule has 2 aromatic rings. The molecule has 0 radical (unpaired) electrons. The monoisotopic (exact) mass is 389 g/mol. The normalized spacial score (nSPS) is 13.8. The van der Waals surface area contributed by atoms with Gasteiger partial charge in [0, 0.05) is 24.7 Å². The first kappa shape index (κ1) is 19.1. The van der Waals surface area contributed by atoms with Gasteiger partial charge in [0.25, 0.3) is 0 Å². The maximum atomic E-state index is 6.52. The number of benzene rings is 2. The molecule has 1 aliphatic rings. The summed E-state index contributed by atoms with van der Waals surface area (Å²) in [7, 11) is 0. The molecule has 2 aromatic carbocycles. The van der Waals surface area contributed by atoms with Gasteiger partial charge in [-0.15, -0.1) is 0 Å². The van der Waals surface area contributed by atoms with Crippen molar-refractivity contribution in [1.82, 2.24) is 4.90 Å². The van der Waals surface area contributed by atoms with E-state index < -0.39 is 0 Å². The number of unbranched alkanes of at least 4 members (excludes halogenated alkanes) is 1. The lowest BCUT2D eigenvalue weighted by Crippen LogP contribution is -2.38. The summed E-state index contributed by atoms with van der Waals surface area (Å²) in [5, 5.41) is 1.33. The van der Waals surface area contributed by atoms with Crippen molar-refractivity contribution < 1.29 is 0 Å². The number of hydrogen-bond acceptors (Lipinski definition) is 3. The second-order valence-corrected chi connectivity index (χ2v) is 7.42. The molecule has 0 bridgehead atoms. The third-order valence-electron chi connectivity index (χ3n) is 4.61. The van der Waals surface area contributed by atoms with Crippen molar-refractivity contribution in [3.63, 3.8) is 0 Å². The minimum absolute atomic E-state index is 0.654. The Labute approximate surface area is 166 Å². The first-order chi connectivity index (χ1) is 12.7. The zero-order chi connectivity index (χ0) is 18.4. The molecular formula is C21H25Cl2N3. The number of halogens is 2. The summed E-state index contributed by atoms with van der Waals surface area (Å²) in [6.45, 7) is 6.73. The Kier molecular flexibility index (Phi) is 6.81. The summed E-state index contributed by atoms with van der Waals surface area (Å²) in [4.78, 5) is 9.45. The van der Waals surface area contributed by atoms with Gasteiger partial charge < -0.3 is 9.80 Å². The Bertz CT molecular complexity index is 746. The van der Waals surface area contributed by atoms with E-state index in [4.69, 9.17) is 28.2 Å². The van der Waals surface area contributed by atoms with Crippen LogP contribution in [-0.4, -0.2) is 36.9 Å². The Hall–Kier alpha value is -1.71. The minimum atomic E-state index is 0.654. The van der Waals surface area contributed by atoms with Crippen LogP contribution in [0.4, 0.5) is 5.69 Å². The van der Waals surface area contributed by atoms with Crippen molar-refractivity contribution in [2.45, 2.75) is 26.3 Å². The molecule has 0 unspecified atom stereocenters. The van der Waals surface area contributed by atoms with Gasteiger partial charge in [0.1, 0.15) is 5.84 Å². The molecule has 0 amide bonds. The van der Waals surface area contributed by atoms with Crippen molar-refractivity contribution in [3.05, 3.63) is 64.1 Å². The van der Waals surface area contributed by atoms with Crippen LogP contribution < -0.4 is 4.90 Å². The molecule has 3 rings (SSSR count). The molecule has 0 aliphatic carbocycles. The highest BCUT2D eigenvalue weighted by molar-refractivity contribution is 6.36.